The van der Waals surface area contributed by atoms with E-state index in [0.717, 1.165) is 10.0 Å². The molecular weight excluding hydrogens is 452 g/mol. The minimum absolute atomic E-state index is 0.239. The molecule has 2 aromatic carbocycles. The van der Waals surface area contributed by atoms with Crippen LogP contribution in [-0.4, -0.2) is 26.3 Å². The monoisotopic (exact) mass is 470 g/mol. The zero-order valence-electron chi connectivity index (χ0n) is 14.3. The molecule has 0 unspecified atom stereocenters. The molecule has 4 nitrogen and oxygen atoms in total. The van der Waals surface area contributed by atoms with Crippen LogP contribution in [0.5, 0.6) is 11.5 Å². The Hall–Kier alpha value is -1.37. The van der Waals surface area contributed by atoms with Crippen LogP contribution in [0.15, 0.2) is 45.3 Å². The molecule has 0 fully saturated rings. The lowest BCUT2D eigenvalue weighted by Gasteiger charge is -2.14. The van der Waals surface area contributed by atoms with E-state index in [4.69, 9.17) is 14.2 Å². The van der Waals surface area contributed by atoms with Crippen molar-refractivity contribution in [2.45, 2.75) is 19.8 Å². The Balaban J connectivity index is 2.15. The Labute approximate surface area is 164 Å². The van der Waals surface area contributed by atoms with Gasteiger partial charge in [-0.15, -0.1) is 0 Å². The number of benzene rings is 2. The largest absolute Gasteiger partial charge is 0.490 e. The number of esters is 1. The standard InChI is InChI=1S/C19H20Br2O4/c1-12(2)15-11-14(20)5-7-17(15)25-19(22)13-4-6-18(16(21)10-13)24-9-8-23-3/h4-7,10-12H,8-9H2,1-3H3. The lowest BCUT2D eigenvalue weighted by atomic mass is 10.0. The smallest absolute Gasteiger partial charge is 0.343 e. The first-order chi connectivity index (χ1) is 11.9. The lowest BCUT2D eigenvalue weighted by Crippen LogP contribution is -2.11. The predicted octanol–water partition coefficient (Wildman–Crippen LogP) is 5.58. The summed E-state index contributed by atoms with van der Waals surface area (Å²) >= 11 is 6.87. The van der Waals surface area contributed by atoms with Gasteiger partial charge in [-0.05, 0) is 63.8 Å². The molecule has 0 N–H and O–H groups in total. The van der Waals surface area contributed by atoms with Gasteiger partial charge >= 0.3 is 5.97 Å². The molecule has 6 heteroatoms. The number of methoxy groups -OCH3 is 1. The van der Waals surface area contributed by atoms with E-state index >= 15 is 0 Å². The van der Waals surface area contributed by atoms with Gasteiger partial charge < -0.3 is 14.2 Å². The number of hydrogen-bond donors (Lipinski definition) is 0. The van der Waals surface area contributed by atoms with Crippen molar-refractivity contribution in [1.82, 2.24) is 0 Å². The van der Waals surface area contributed by atoms with Crippen LogP contribution in [0.4, 0.5) is 0 Å². The summed E-state index contributed by atoms with van der Waals surface area (Å²) in [5.41, 5.74) is 1.42. The number of carbonyl (C=O) groups is 1. The fourth-order valence-electron chi connectivity index (χ4n) is 2.20. The third-order valence-electron chi connectivity index (χ3n) is 3.51. The molecule has 2 rings (SSSR count). The summed E-state index contributed by atoms with van der Waals surface area (Å²) in [4.78, 5) is 12.5. The first-order valence-electron chi connectivity index (χ1n) is 7.85. The van der Waals surface area contributed by atoms with Crippen molar-refractivity contribution in [1.29, 1.82) is 0 Å². The van der Waals surface area contributed by atoms with Gasteiger partial charge in [-0.3, -0.25) is 0 Å². The van der Waals surface area contributed by atoms with Crippen molar-refractivity contribution in [3.8, 4) is 11.5 Å². The maximum Gasteiger partial charge on any atom is 0.343 e. The van der Waals surface area contributed by atoms with Crippen LogP contribution >= 0.6 is 31.9 Å². The van der Waals surface area contributed by atoms with Crippen LogP contribution in [0, 0.1) is 0 Å². The summed E-state index contributed by atoms with van der Waals surface area (Å²) in [5.74, 6) is 1.05. The molecular formula is C19H20Br2O4. The first-order valence-corrected chi connectivity index (χ1v) is 9.44. The predicted molar refractivity (Wildman–Crippen MR) is 105 cm³/mol. The number of hydrogen-bond acceptors (Lipinski definition) is 4. The van der Waals surface area contributed by atoms with Crippen LogP contribution in [-0.2, 0) is 4.74 Å². The summed E-state index contributed by atoms with van der Waals surface area (Å²) in [5, 5.41) is 0. The highest BCUT2D eigenvalue weighted by Gasteiger charge is 2.15. The van der Waals surface area contributed by atoms with Crippen molar-refractivity contribution >= 4 is 37.8 Å². The molecule has 2 aromatic rings. The molecule has 0 aliphatic heterocycles. The molecule has 25 heavy (non-hydrogen) atoms. The van der Waals surface area contributed by atoms with E-state index < -0.39 is 5.97 Å². The van der Waals surface area contributed by atoms with Crippen LogP contribution in [0.3, 0.4) is 0 Å². The van der Waals surface area contributed by atoms with Gasteiger partial charge in [0.15, 0.2) is 0 Å². The first kappa shape index (κ1) is 19.9. The Morgan fingerprint density at radius 2 is 1.76 bits per heavy atom. The summed E-state index contributed by atoms with van der Waals surface area (Å²) in [6.07, 6.45) is 0. The van der Waals surface area contributed by atoms with Crippen LogP contribution < -0.4 is 9.47 Å². The van der Waals surface area contributed by atoms with Crippen LogP contribution in [0.25, 0.3) is 0 Å². The fraction of sp³-hybridized carbons (Fsp3) is 0.316. The summed E-state index contributed by atoms with van der Waals surface area (Å²) in [6.45, 7) is 5.05. The van der Waals surface area contributed by atoms with Crippen molar-refractivity contribution in [2.75, 3.05) is 20.3 Å². The molecule has 0 aliphatic rings. The lowest BCUT2D eigenvalue weighted by molar-refractivity contribution is 0.0732. The maximum absolute atomic E-state index is 12.5. The van der Waals surface area contributed by atoms with Gasteiger partial charge in [0, 0.05) is 11.6 Å². The van der Waals surface area contributed by atoms with Crippen molar-refractivity contribution in [3.05, 3.63) is 56.5 Å². The topological polar surface area (TPSA) is 44.8 Å². The molecule has 0 aliphatic carbocycles. The Bertz CT molecular complexity index is 744. The van der Waals surface area contributed by atoms with E-state index in [1.807, 2.05) is 12.1 Å². The SMILES string of the molecule is COCCOc1ccc(C(=O)Oc2ccc(Br)cc2C(C)C)cc1Br. The van der Waals surface area contributed by atoms with Gasteiger partial charge in [0.25, 0.3) is 0 Å². The zero-order chi connectivity index (χ0) is 18.4. The van der Waals surface area contributed by atoms with Crippen molar-refractivity contribution in [2.24, 2.45) is 0 Å². The molecule has 0 spiro atoms. The summed E-state index contributed by atoms with van der Waals surface area (Å²) in [7, 11) is 1.62. The molecule has 134 valence electrons. The number of halogens is 2. The molecule has 0 heterocycles. The summed E-state index contributed by atoms with van der Waals surface area (Å²) < 4.78 is 17.8. The van der Waals surface area contributed by atoms with E-state index in [1.165, 1.54) is 0 Å². The Morgan fingerprint density at radius 1 is 1.04 bits per heavy atom. The molecule has 0 bridgehead atoms. The molecule has 0 saturated carbocycles. The van der Waals surface area contributed by atoms with Gasteiger partial charge in [0.2, 0.25) is 0 Å². The second-order valence-corrected chi connectivity index (χ2v) is 7.48. The second kappa shape index (κ2) is 9.36. The maximum atomic E-state index is 12.5. The van der Waals surface area contributed by atoms with Gasteiger partial charge in [0.1, 0.15) is 18.1 Å². The van der Waals surface area contributed by atoms with E-state index in [2.05, 4.69) is 45.7 Å². The van der Waals surface area contributed by atoms with Gasteiger partial charge in [-0.2, -0.15) is 0 Å². The molecule has 0 saturated heterocycles. The normalized spacial score (nSPS) is 10.8. The van der Waals surface area contributed by atoms with Crippen LogP contribution in [0.2, 0.25) is 0 Å². The van der Waals surface area contributed by atoms with E-state index in [9.17, 15) is 4.79 Å². The minimum atomic E-state index is -0.409. The highest BCUT2D eigenvalue weighted by atomic mass is 79.9. The minimum Gasteiger partial charge on any atom is -0.490 e. The molecule has 0 aromatic heterocycles. The second-order valence-electron chi connectivity index (χ2n) is 5.71. The average Bonchev–Trinajstić information content (AvgIpc) is 2.57. The quantitative estimate of drug-likeness (QED) is 0.300. The van der Waals surface area contributed by atoms with Gasteiger partial charge in [-0.1, -0.05) is 29.8 Å². The number of ether oxygens (including phenoxy) is 3. The average molecular weight is 472 g/mol. The molecule has 0 radical (unpaired) electrons. The van der Waals surface area contributed by atoms with E-state index in [0.29, 0.717) is 34.7 Å². The van der Waals surface area contributed by atoms with Crippen LogP contribution in [0.1, 0.15) is 35.7 Å². The molecule has 0 atom stereocenters. The zero-order valence-corrected chi connectivity index (χ0v) is 17.5. The van der Waals surface area contributed by atoms with Gasteiger partial charge in [-0.25, -0.2) is 4.79 Å². The van der Waals surface area contributed by atoms with Crippen molar-refractivity contribution in [3.63, 3.8) is 0 Å². The van der Waals surface area contributed by atoms with E-state index in [-0.39, 0.29) is 5.92 Å². The third-order valence-corrected chi connectivity index (χ3v) is 4.62. The summed E-state index contributed by atoms with van der Waals surface area (Å²) in [6, 6.07) is 10.7. The number of rotatable bonds is 7. The third kappa shape index (κ3) is 5.56. The fourth-order valence-corrected chi connectivity index (χ4v) is 3.07. The highest BCUT2D eigenvalue weighted by molar-refractivity contribution is 9.10. The Kier molecular flexibility index (Phi) is 7.47. The number of carbonyl (C=O) groups excluding carboxylic acids is 1. The van der Waals surface area contributed by atoms with Gasteiger partial charge in [0.05, 0.1) is 16.6 Å². The highest BCUT2D eigenvalue weighted by Crippen LogP contribution is 2.31. The van der Waals surface area contributed by atoms with E-state index in [1.54, 1.807) is 31.4 Å². The van der Waals surface area contributed by atoms with Crippen molar-refractivity contribution < 1.29 is 19.0 Å². The Morgan fingerprint density at radius 3 is 2.40 bits per heavy atom. The molecule has 0 amide bonds.